The van der Waals surface area contributed by atoms with Crippen LogP contribution >= 0.6 is 0 Å². The molecule has 0 saturated carbocycles. The maximum absolute atomic E-state index is 11.8. The number of nitrogens with zero attached hydrogens (tertiary/aromatic N) is 2. The summed E-state index contributed by atoms with van der Waals surface area (Å²) in [6, 6.07) is 7.79. The lowest BCUT2D eigenvalue weighted by Gasteiger charge is -2.31. The van der Waals surface area contributed by atoms with Crippen molar-refractivity contribution in [3.05, 3.63) is 35.4 Å². The van der Waals surface area contributed by atoms with Crippen LogP contribution in [0.15, 0.2) is 29.3 Å². The van der Waals surface area contributed by atoms with Gasteiger partial charge in [0.05, 0.1) is 0 Å². The number of carbonyl (C=O) groups is 1. The second kappa shape index (κ2) is 12.4. The Morgan fingerprint density at radius 2 is 2.00 bits per heavy atom. The third kappa shape index (κ3) is 7.50. The van der Waals surface area contributed by atoms with E-state index in [4.69, 9.17) is 4.99 Å². The molecule has 156 valence electrons. The van der Waals surface area contributed by atoms with Crippen LogP contribution < -0.4 is 16.0 Å². The predicted molar refractivity (Wildman–Crippen MR) is 117 cm³/mol. The van der Waals surface area contributed by atoms with Crippen molar-refractivity contribution < 1.29 is 4.79 Å². The van der Waals surface area contributed by atoms with E-state index < -0.39 is 0 Å². The van der Waals surface area contributed by atoms with Crippen molar-refractivity contribution in [2.45, 2.75) is 39.5 Å². The summed E-state index contributed by atoms with van der Waals surface area (Å²) >= 11 is 0. The van der Waals surface area contributed by atoms with E-state index in [-0.39, 0.29) is 5.91 Å². The van der Waals surface area contributed by atoms with E-state index in [0.29, 0.717) is 11.5 Å². The van der Waals surface area contributed by atoms with Gasteiger partial charge in [-0.25, -0.2) is 0 Å². The van der Waals surface area contributed by atoms with Crippen LogP contribution in [0.1, 0.15) is 49.0 Å². The highest BCUT2D eigenvalue weighted by atomic mass is 16.1. The largest absolute Gasteiger partial charge is 0.357 e. The first-order valence-corrected chi connectivity index (χ1v) is 10.7. The number of hydrogen-bond acceptors (Lipinski definition) is 3. The fourth-order valence-corrected chi connectivity index (χ4v) is 3.61. The maximum atomic E-state index is 11.8. The van der Waals surface area contributed by atoms with Crippen molar-refractivity contribution in [3.63, 3.8) is 0 Å². The number of hydrogen-bond donors (Lipinski definition) is 3. The summed E-state index contributed by atoms with van der Waals surface area (Å²) in [6.45, 7) is 10.5. The Labute approximate surface area is 170 Å². The smallest absolute Gasteiger partial charge is 0.251 e. The molecular weight excluding hydrogens is 350 g/mol. The van der Waals surface area contributed by atoms with Crippen LogP contribution in [-0.2, 0) is 6.42 Å². The van der Waals surface area contributed by atoms with Gasteiger partial charge in [-0.05, 0) is 75.9 Å². The van der Waals surface area contributed by atoms with E-state index in [1.54, 1.807) is 7.05 Å². The summed E-state index contributed by atoms with van der Waals surface area (Å²) in [6.07, 6.45) is 4.58. The van der Waals surface area contributed by atoms with Gasteiger partial charge in [-0.2, -0.15) is 0 Å². The standard InChI is InChI=1S/C22H37N5O/c1-4-13-27-14-10-19(11-15-27)17-26-22(24-5-2)25-12-9-18-7-6-8-20(16-18)21(28)23-3/h6-8,16,19H,4-5,9-15,17H2,1-3H3,(H,23,28)(H2,24,25,26). The van der Waals surface area contributed by atoms with Crippen LogP contribution in [0.25, 0.3) is 0 Å². The lowest BCUT2D eigenvalue weighted by atomic mass is 9.97. The molecule has 0 aliphatic carbocycles. The SMILES string of the molecule is CCCN1CCC(CN=C(NCC)NCCc2cccc(C(=O)NC)c2)CC1. The van der Waals surface area contributed by atoms with Crippen molar-refractivity contribution in [1.29, 1.82) is 0 Å². The van der Waals surface area contributed by atoms with Gasteiger partial charge in [0.1, 0.15) is 0 Å². The van der Waals surface area contributed by atoms with Gasteiger partial charge in [0.15, 0.2) is 5.96 Å². The molecule has 6 nitrogen and oxygen atoms in total. The number of rotatable bonds is 9. The molecule has 2 rings (SSSR count). The van der Waals surface area contributed by atoms with E-state index in [1.165, 1.54) is 38.9 Å². The van der Waals surface area contributed by atoms with Gasteiger partial charge < -0.3 is 20.9 Å². The molecular formula is C22H37N5O. The molecule has 1 fully saturated rings. The third-order valence-corrected chi connectivity index (χ3v) is 5.22. The average Bonchev–Trinajstić information content (AvgIpc) is 2.73. The summed E-state index contributed by atoms with van der Waals surface area (Å²) in [4.78, 5) is 19.1. The minimum absolute atomic E-state index is 0.0466. The summed E-state index contributed by atoms with van der Waals surface area (Å²) in [5.74, 6) is 1.53. The fraction of sp³-hybridized carbons (Fsp3) is 0.636. The first-order chi connectivity index (χ1) is 13.7. The molecule has 1 aliphatic heterocycles. The predicted octanol–water partition coefficient (Wildman–Crippen LogP) is 2.27. The van der Waals surface area contributed by atoms with E-state index >= 15 is 0 Å². The number of carbonyl (C=O) groups excluding carboxylic acids is 1. The van der Waals surface area contributed by atoms with Crippen LogP contribution in [0.4, 0.5) is 0 Å². The molecule has 1 amide bonds. The highest BCUT2D eigenvalue weighted by Gasteiger charge is 2.18. The van der Waals surface area contributed by atoms with Crippen molar-refractivity contribution in [2.24, 2.45) is 10.9 Å². The van der Waals surface area contributed by atoms with E-state index in [0.717, 1.165) is 37.6 Å². The van der Waals surface area contributed by atoms with Gasteiger partial charge in [-0.1, -0.05) is 19.1 Å². The van der Waals surface area contributed by atoms with Gasteiger partial charge in [-0.15, -0.1) is 0 Å². The van der Waals surface area contributed by atoms with Gasteiger partial charge in [-0.3, -0.25) is 9.79 Å². The topological polar surface area (TPSA) is 68.8 Å². The molecule has 0 bridgehead atoms. The molecule has 0 spiro atoms. The molecule has 0 aromatic heterocycles. The van der Waals surface area contributed by atoms with Gasteiger partial charge >= 0.3 is 0 Å². The lowest BCUT2D eigenvalue weighted by molar-refractivity contribution is 0.0963. The Morgan fingerprint density at radius 3 is 2.68 bits per heavy atom. The minimum Gasteiger partial charge on any atom is -0.357 e. The molecule has 1 heterocycles. The van der Waals surface area contributed by atoms with E-state index in [2.05, 4.69) is 40.8 Å². The first-order valence-electron chi connectivity index (χ1n) is 10.7. The summed E-state index contributed by atoms with van der Waals surface area (Å²) in [5.41, 5.74) is 1.85. The molecule has 3 N–H and O–H groups in total. The Balaban J connectivity index is 1.79. The van der Waals surface area contributed by atoms with Gasteiger partial charge in [0.25, 0.3) is 5.91 Å². The third-order valence-electron chi connectivity index (χ3n) is 5.22. The maximum Gasteiger partial charge on any atom is 0.251 e. The van der Waals surface area contributed by atoms with Gasteiger partial charge in [0, 0.05) is 32.2 Å². The first kappa shape index (κ1) is 22.2. The lowest BCUT2D eigenvalue weighted by Crippen LogP contribution is -2.39. The molecule has 0 unspecified atom stereocenters. The number of guanidine groups is 1. The summed E-state index contributed by atoms with van der Waals surface area (Å²) < 4.78 is 0. The zero-order valence-electron chi connectivity index (χ0n) is 17.8. The van der Waals surface area contributed by atoms with Crippen molar-refractivity contribution in [2.75, 3.05) is 46.3 Å². The van der Waals surface area contributed by atoms with Crippen LogP contribution in [-0.4, -0.2) is 63.1 Å². The zero-order valence-corrected chi connectivity index (χ0v) is 17.8. The van der Waals surface area contributed by atoms with Gasteiger partial charge in [0.2, 0.25) is 0 Å². The number of piperidine rings is 1. The average molecular weight is 388 g/mol. The molecule has 28 heavy (non-hydrogen) atoms. The normalized spacial score (nSPS) is 16.0. The fourth-order valence-electron chi connectivity index (χ4n) is 3.61. The van der Waals surface area contributed by atoms with Crippen molar-refractivity contribution >= 4 is 11.9 Å². The van der Waals surface area contributed by atoms with Crippen molar-refractivity contribution in [1.82, 2.24) is 20.9 Å². The molecule has 1 aromatic carbocycles. The highest BCUT2D eigenvalue weighted by molar-refractivity contribution is 5.94. The number of likely N-dealkylation sites (tertiary alicyclic amines) is 1. The van der Waals surface area contributed by atoms with Crippen LogP contribution in [0, 0.1) is 5.92 Å². The summed E-state index contributed by atoms with van der Waals surface area (Å²) in [7, 11) is 1.66. The van der Waals surface area contributed by atoms with E-state index in [9.17, 15) is 4.79 Å². The van der Waals surface area contributed by atoms with Crippen LogP contribution in [0.3, 0.4) is 0 Å². The molecule has 0 atom stereocenters. The van der Waals surface area contributed by atoms with Crippen LogP contribution in [0.5, 0.6) is 0 Å². The molecule has 6 heteroatoms. The number of nitrogens with one attached hydrogen (secondary N) is 3. The number of benzene rings is 1. The monoisotopic (exact) mass is 387 g/mol. The molecule has 0 radical (unpaired) electrons. The second-order valence-corrected chi connectivity index (χ2v) is 7.46. The number of amides is 1. The Hall–Kier alpha value is -2.08. The molecule has 1 saturated heterocycles. The quantitative estimate of drug-likeness (QED) is 0.449. The van der Waals surface area contributed by atoms with Crippen molar-refractivity contribution in [3.8, 4) is 0 Å². The highest BCUT2D eigenvalue weighted by Crippen LogP contribution is 2.17. The molecule has 1 aliphatic rings. The Morgan fingerprint density at radius 1 is 1.21 bits per heavy atom. The number of aliphatic imine (C=N–C) groups is 1. The van der Waals surface area contributed by atoms with Crippen LogP contribution in [0.2, 0.25) is 0 Å². The summed E-state index contributed by atoms with van der Waals surface area (Å²) in [5, 5.41) is 9.44. The Kier molecular flexibility index (Phi) is 9.83. The zero-order chi connectivity index (χ0) is 20.2. The van der Waals surface area contributed by atoms with E-state index in [1.807, 2.05) is 18.2 Å². The second-order valence-electron chi connectivity index (χ2n) is 7.46. The minimum atomic E-state index is -0.0466. The molecule has 1 aromatic rings. The Bertz CT molecular complexity index is 623.